The Hall–Kier alpha value is -3.01. The molecule has 0 aliphatic carbocycles. The van der Waals surface area contributed by atoms with Crippen LogP contribution in [0.4, 0.5) is 0 Å². The molecule has 2 aromatic carbocycles. The van der Waals surface area contributed by atoms with Crippen molar-refractivity contribution in [3.05, 3.63) is 79.4 Å². The summed E-state index contributed by atoms with van der Waals surface area (Å²) in [7, 11) is 0. The normalized spacial score (nSPS) is 11.7. The van der Waals surface area contributed by atoms with Crippen molar-refractivity contribution >= 4 is 61.0 Å². The van der Waals surface area contributed by atoms with Gasteiger partial charge in [-0.25, -0.2) is 9.97 Å². The van der Waals surface area contributed by atoms with Gasteiger partial charge >= 0.3 is 0 Å². The molecule has 0 radical (unpaired) electrons. The van der Waals surface area contributed by atoms with Crippen molar-refractivity contribution in [1.29, 1.82) is 5.26 Å². The number of aromatic nitrogens is 3. The maximum absolute atomic E-state index is 12.4. The van der Waals surface area contributed by atoms with Gasteiger partial charge in [-0.1, -0.05) is 45.7 Å². The van der Waals surface area contributed by atoms with Crippen LogP contribution in [-0.2, 0) is 0 Å². The molecule has 5 nitrogen and oxygen atoms in total. The predicted octanol–water partition coefficient (Wildman–Crippen LogP) is 5.26. The van der Waals surface area contributed by atoms with Gasteiger partial charge in [0, 0.05) is 15.4 Å². The highest BCUT2D eigenvalue weighted by molar-refractivity contribution is 9.10. The number of H-pyrrole nitrogens is 1. The Bertz CT molecular complexity index is 1390. The number of nitrogens with zero attached hydrogens (tertiary/aromatic N) is 3. The number of aromatic amines is 1. The van der Waals surface area contributed by atoms with Crippen LogP contribution in [0.5, 0.6) is 0 Å². The monoisotopic (exact) mass is 450 g/mol. The summed E-state index contributed by atoms with van der Waals surface area (Å²) in [6, 6.07) is 15.0. The van der Waals surface area contributed by atoms with Gasteiger partial charge < -0.3 is 4.98 Å². The molecule has 0 saturated carbocycles. The predicted molar refractivity (Wildman–Crippen MR) is 115 cm³/mol. The zero-order valence-corrected chi connectivity index (χ0v) is 17.0. The van der Waals surface area contributed by atoms with Crippen LogP contribution < -0.4 is 5.56 Å². The van der Waals surface area contributed by atoms with Gasteiger partial charge in [0.1, 0.15) is 11.2 Å². The lowest BCUT2D eigenvalue weighted by molar-refractivity contribution is 1.13. The Balaban J connectivity index is 1.89. The van der Waals surface area contributed by atoms with E-state index >= 15 is 0 Å². The van der Waals surface area contributed by atoms with Gasteiger partial charge in [-0.2, -0.15) is 5.26 Å². The molecule has 136 valence electrons. The minimum Gasteiger partial charge on any atom is -0.305 e. The van der Waals surface area contributed by atoms with E-state index < -0.39 is 0 Å². The van der Waals surface area contributed by atoms with Crippen molar-refractivity contribution in [3.63, 3.8) is 0 Å². The first-order valence-electron chi connectivity index (χ1n) is 8.34. The molecule has 0 bridgehead atoms. The van der Waals surface area contributed by atoms with Crippen molar-refractivity contribution in [2.45, 2.75) is 6.92 Å². The van der Waals surface area contributed by atoms with Crippen LogP contribution in [0.3, 0.4) is 0 Å². The van der Waals surface area contributed by atoms with E-state index in [1.807, 2.05) is 31.2 Å². The Morgan fingerprint density at radius 2 is 2.07 bits per heavy atom. The molecule has 0 amide bonds. The summed E-state index contributed by atoms with van der Waals surface area (Å²) in [5.41, 5.74) is 2.78. The number of halogens is 2. The number of nitrogens with one attached hydrogen (secondary N) is 1. The average Bonchev–Trinajstić information content (AvgIpc) is 2.67. The third kappa shape index (κ3) is 3.31. The van der Waals surface area contributed by atoms with Gasteiger partial charge in [0.2, 0.25) is 0 Å². The molecule has 0 aliphatic rings. The number of fused-ring (bicyclic) bond motifs is 2. The fourth-order valence-corrected chi connectivity index (χ4v) is 3.54. The first-order chi connectivity index (χ1) is 13.5. The van der Waals surface area contributed by atoms with Crippen molar-refractivity contribution in [2.24, 2.45) is 0 Å². The fraction of sp³-hybridized carbons (Fsp3) is 0.0476. The molecule has 0 atom stereocenters. The number of hydrogen-bond acceptors (Lipinski definition) is 4. The van der Waals surface area contributed by atoms with Crippen LogP contribution in [0, 0.1) is 18.3 Å². The van der Waals surface area contributed by atoms with Crippen molar-refractivity contribution < 1.29 is 0 Å². The van der Waals surface area contributed by atoms with Crippen molar-refractivity contribution in [1.82, 2.24) is 15.0 Å². The number of hydrogen-bond donors (Lipinski definition) is 1. The number of allylic oxidation sites excluding steroid dienone is 1. The first kappa shape index (κ1) is 18.4. The highest BCUT2D eigenvalue weighted by atomic mass is 79.9. The number of aryl methyl sites for hydroxylation is 1. The van der Waals surface area contributed by atoms with E-state index in [9.17, 15) is 10.1 Å². The van der Waals surface area contributed by atoms with Crippen LogP contribution in [0.2, 0.25) is 5.15 Å². The molecule has 1 N–H and O–H groups in total. The molecular formula is C21H12BrClN4O. The molecule has 0 unspecified atom stereocenters. The maximum atomic E-state index is 12.4. The van der Waals surface area contributed by atoms with Gasteiger partial charge in [0.15, 0.2) is 5.82 Å². The molecule has 2 heterocycles. The summed E-state index contributed by atoms with van der Waals surface area (Å²) in [6.45, 7) is 1.96. The van der Waals surface area contributed by atoms with E-state index in [0.717, 1.165) is 20.9 Å². The third-order valence-corrected chi connectivity index (χ3v) is 5.17. The Kier molecular flexibility index (Phi) is 4.71. The SMILES string of the molecule is Cc1cccc2cc(C=C(C#N)c3nc4ccc(Br)cc4c(=O)[nH]3)c(Cl)nc12. The third-order valence-electron chi connectivity index (χ3n) is 4.37. The summed E-state index contributed by atoms with van der Waals surface area (Å²) in [6.07, 6.45) is 1.58. The van der Waals surface area contributed by atoms with Crippen LogP contribution in [0.15, 0.2) is 51.7 Å². The molecule has 4 aromatic rings. The number of benzene rings is 2. The van der Waals surface area contributed by atoms with Gasteiger partial charge in [-0.05, 0) is 42.8 Å². The highest BCUT2D eigenvalue weighted by Gasteiger charge is 2.11. The molecule has 0 spiro atoms. The van der Waals surface area contributed by atoms with E-state index in [-0.39, 0.29) is 22.1 Å². The van der Waals surface area contributed by atoms with Crippen LogP contribution >= 0.6 is 27.5 Å². The first-order valence-corrected chi connectivity index (χ1v) is 9.51. The summed E-state index contributed by atoms with van der Waals surface area (Å²) in [5, 5.41) is 11.3. The second kappa shape index (κ2) is 7.19. The van der Waals surface area contributed by atoms with Gasteiger partial charge in [-0.15, -0.1) is 0 Å². The van der Waals surface area contributed by atoms with Gasteiger partial charge in [-0.3, -0.25) is 4.79 Å². The smallest absolute Gasteiger partial charge is 0.259 e. The van der Waals surface area contributed by atoms with Crippen LogP contribution in [0.1, 0.15) is 17.0 Å². The average molecular weight is 452 g/mol. The van der Waals surface area contributed by atoms with E-state index in [2.05, 4.69) is 37.0 Å². The quantitative estimate of drug-likeness (QED) is 0.333. The number of para-hydroxylation sites is 1. The summed E-state index contributed by atoms with van der Waals surface area (Å²) in [4.78, 5) is 24.0. The van der Waals surface area contributed by atoms with E-state index in [4.69, 9.17) is 11.6 Å². The minimum absolute atomic E-state index is 0.183. The van der Waals surface area contributed by atoms with E-state index in [1.165, 1.54) is 0 Å². The Labute approximate surface area is 173 Å². The number of nitriles is 1. The summed E-state index contributed by atoms with van der Waals surface area (Å²) in [5.74, 6) is 0.183. The lowest BCUT2D eigenvalue weighted by Crippen LogP contribution is -2.11. The highest BCUT2D eigenvalue weighted by Crippen LogP contribution is 2.26. The molecular weight excluding hydrogens is 440 g/mol. The second-order valence-corrected chi connectivity index (χ2v) is 7.53. The molecule has 28 heavy (non-hydrogen) atoms. The zero-order chi connectivity index (χ0) is 19.8. The number of rotatable bonds is 2. The van der Waals surface area contributed by atoms with E-state index in [0.29, 0.717) is 16.5 Å². The topological polar surface area (TPSA) is 82.4 Å². The Morgan fingerprint density at radius 1 is 1.25 bits per heavy atom. The standard InChI is InChI=1S/C21H12BrClN4O/c1-11-3-2-4-12-7-13(19(23)26-18(11)12)8-14(10-24)20-25-17-6-5-15(22)9-16(17)21(28)27-20/h2-9H,1H3,(H,25,27,28). The fourth-order valence-electron chi connectivity index (χ4n) is 2.99. The van der Waals surface area contributed by atoms with E-state index in [1.54, 1.807) is 24.3 Å². The molecule has 0 aliphatic heterocycles. The molecule has 0 fully saturated rings. The summed E-state index contributed by atoms with van der Waals surface area (Å²) < 4.78 is 0.778. The lowest BCUT2D eigenvalue weighted by Gasteiger charge is -2.06. The Morgan fingerprint density at radius 3 is 2.86 bits per heavy atom. The molecule has 0 saturated heterocycles. The second-order valence-electron chi connectivity index (χ2n) is 6.26. The maximum Gasteiger partial charge on any atom is 0.259 e. The van der Waals surface area contributed by atoms with Crippen molar-refractivity contribution in [2.75, 3.05) is 0 Å². The minimum atomic E-state index is -0.319. The zero-order valence-electron chi connectivity index (χ0n) is 14.6. The summed E-state index contributed by atoms with van der Waals surface area (Å²) >= 11 is 9.68. The van der Waals surface area contributed by atoms with Crippen molar-refractivity contribution in [3.8, 4) is 6.07 Å². The largest absolute Gasteiger partial charge is 0.305 e. The van der Waals surface area contributed by atoms with Gasteiger partial charge in [0.05, 0.1) is 22.0 Å². The van der Waals surface area contributed by atoms with Crippen LogP contribution in [0.25, 0.3) is 33.5 Å². The van der Waals surface area contributed by atoms with Crippen LogP contribution in [-0.4, -0.2) is 15.0 Å². The molecule has 7 heteroatoms. The number of pyridine rings is 1. The van der Waals surface area contributed by atoms with Gasteiger partial charge in [0.25, 0.3) is 5.56 Å². The molecule has 4 rings (SSSR count). The molecule has 2 aromatic heterocycles. The lowest BCUT2D eigenvalue weighted by atomic mass is 10.1.